The SMILES string of the molecule is CC(C)N(CCCCC(NC(=O)C(CCCCN)NN)C(=O)O)Cc1ccccc1B(O)O. The summed E-state index contributed by atoms with van der Waals surface area (Å²) >= 11 is 0. The van der Waals surface area contributed by atoms with Gasteiger partial charge in [-0.25, -0.2) is 10.2 Å². The lowest BCUT2D eigenvalue weighted by Crippen LogP contribution is -2.52. The van der Waals surface area contributed by atoms with E-state index in [1.807, 2.05) is 12.1 Å². The van der Waals surface area contributed by atoms with Gasteiger partial charge in [0.1, 0.15) is 6.04 Å². The van der Waals surface area contributed by atoms with E-state index >= 15 is 0 Å². The van der Waals surface area contributed by atoms with Crippen molar-refractivity contribution in [3.63, 3.8) is 0 Å². The van der Waals surface area contributed by atoms with E-state index in [0.29, 0.717) is 44.4 Å². The summed E-state index contributed by atoms with van der Waals surface area (Å²) < 4.78 is 0. The number of carboxylic acid groups (broad SMARTS) is 1. The van der Waals surface area contributed by atoms with Crippen LogP contribution in [0.1, 0.15) is 57.9 Å². The van der Waals surface area contributed by atoms with Gasteiger partial charge in [-0.05, 0) is 70.1 Å². The molecule has 1 aromatic rings. The van der Waals surface area contributed by atoms with Crippen LogP contribution in [0.2, 0.25) is 0 Å². The first-order chi connectivity index (χ1) is 15.7. The number of hydrogen-bond donors (Lipinski definition) is 7. The molecule has 0 saturated carbocycles. The molecule has 0 heterocycles. The van der Waals surface area contributed by atoms with E-state index < -0.39 is 31.1 Å². The first kappa shape index (κ1) is 29.0. The molecule has 186 valence electrons. The van der Waals surface area contributed by atoms with E-state index in [1.165, 1.54) is 0 Å². The van der Waals surface area contributed by atoms with Crippen LogP contribution in [0.15, 0.2) is 24.3 Å². The average Bonchev–Trinajstić information content (AvgIpc) is 2.77. The Morgan fingerprint density at radius 3 is 2.27 bits per heavy atom. The zero-order valence-corrected chi connectivity index (χ0v) is 19.7. The van der Waals surface area contributed by atoms with Crippen LogP contribution in [-0.4, -0.2) is 70.3 Å². The number of aliphatic carboxylic acids is 1. The molecule has 0 aliphatic rings. The number of nitrogens with two attached hydrogens (primary N) is 2. The second-order valence-electron chi connectivity index (χ2n) is 8.54. The van der Waals surface area contributed by atoms with Crippen LogP contribution < -0.4 is 27.8 Å². The summed E-state index contributed by atoms with van der Waals surface area (Å²) in [6, 6.07) is 5.76. The molecule has 1 rings (SSSR count). The summed E-state index contributed by atoms with van der Waals surface area (Å²) in [7, 11) is -1.53. The molecule has 2 atom stereocenters. The maximum atomic E-state index is 12.4. The smallest absolute Gasteiger partial charge is 0.480 e. The van der Waals surface area contributed by atoms with Crippen LogP contribution in [-0.2, 0) is 16.1 Å². The molecule has 10 nitrogen and oxygen atoms in total. The maximum absolute atomic E-state index is 12.4. The van der Waals surface area contributed by atoms with Crippen LogP contribution in [0.3, 0.4) is 0 Å². The van der Waals surface area contributed by atoms with Crippen molar-refractivity contribution in [2.75, 3.05) is 13.1 Å². The standard InChI is InChI=1S/C22H40BN5O5/c1-16(2)28(15-17-9-3-4-10-18(17)23(32)33)14-8-6-12-20(22(30)31)26-21(29)19(27-25)11-5-7-13-24/h3-4,9-10,16,19-20,27,32-33H,5-8,11-15,24-25H2,1-2H3,(H,26,29)(H,30,31). The zero-order chi connectivity index (χ0) is 24.8. The Balaban J connectivity index is 2.59. The Labute approximate surface area is 196 Å². The molecular weight excluding hydrogens is 425 g/mol. The van der Waals surface area contributed by atoms with Gasteiger partial charge in [0.05, 0.1) is 6.04 Å². The Hall–Kier alpha value is -2.02. The fraction of sp³-hybridized carbons (Fsp3) is 0.636. The summed E-state index contributed by atoms with van der Waals surface area (Å²) in [4.78, 5) is 26.2. The maximum Gasteiger partial charge on any atom is 0.488 e. The second kappa shape index (κ2) is 15.8. The third-order valence-corrected chi connectivity index (χ3v) is 5.70. The minimum Gasteiger partial charge on any atom is -0.480 e. The Morgan fingerprint density at radius 2 is 1.70 bits per heavy atom. The molecule has 33 heavy (non-hydrogen) atoms. The van der Waals surface area contributed by atoms with Crippen molar-refractivity contribution >= 4 is 24.5 Å². The number of carboxylic acids is 1. The van der Waals surface area contributed by atoms with Gasteiger partial charge < -0.3 is 26.2 Å². The van der Waals surface area contributed by atoms with Crippen molar-refractivity contribution in [1.29, 1.82) is 0 Å². The highest BCUT2D eigenvalue weighted by Gasteiger charge is 2.24. The minimum absolute atomic E-state index is 0.216. The Bertz CT molecular complexity index is 722. The van der Waals surface area contributed by atoms with Crippen LogP contribution >= 0.6 is 0 Å². The van der Waals surface area contributed by atoms with Gasteiger partial charge in [0.2, 0.25) is 5.91 Å². The van der Waals surface area contributed by atoms with Gasteiger partial charge in [0, 0.05) is 12.6 Å². The topological polar surface area (TPSA) is 174 Å². The number of hydrogen-bond acceptors (Lipinski definition) is 8. The highest BCUT2D eigenvalue weighted by molar-refractivity contribution is 6.59. The van der Waals surface area contributed by atoms with Crippen molar-refractivity contribution < 1.29 is 24.7 Å². The van der Waals surface area contributed by atoms with Gasteiger partial charge in [0.25, 0.3) is 0 Å². The fourth-order valence-corrected chi connectivity index (χ4v) is 3.64. The highest BCUT2D eigenvalue weighted by Crippen LogP contribution is 2.11. The van der Waals surface area contributed by atoms with E-state index in [9.17, 15) is 24.7 Å². The average molecular weight is 465 g/mol. The van der Waals surface area contributed by atoms with E-state index in [-0.39, 0.29) is 6.04 Å². The van der Waals surface area contributed by atoms with Crippen molar-refractivity contribution in [3.05, 3.63) is 29.8 Å². The lowest BCUT2D eigenvalue weighted by Gasteiger charge is -2.28. The third-order valence-electron chi connectivity index (χ3n) is 5.70. The molecule has 0 bridgehead atoms. The first-order valence-electron chi connectivity index (χ1n) is 11.6. The van der Waals surface area contributed by atoms with E-state index in [1.54, 1.807) is 12.1 Å². The van der Waals surface area contributed by atoms with Gasteiger partial charge in [-0.15, -0.1) is 0 Å². The van der Waals surface area contributed by atoms with Gasteiger partial charge in [-0.2, -0.15) is 0 Å². The molecule has 1 aromatic carbocycles. The summed E-state index contributed by atoms with van der Waals surface area (Å²) in [5.74, 6) is 3.95. The monoisotopic (exact) mass is 465 g/mol. The second-order valence-corrected chi connectivity index (χ2v) is 8.54. The Morgan fingerprint density at radius 1 is 1.06 bits per heavy atom. The number of hydrazine groups is 1. The fourth-order valence-electron chi connectivity index (χ4n) is 3.64. The zero-order valence-electron chi connectivity index (χ0n) is 19.7. The first-order valence-corrected chi connectivity index (χ1v) is 11.6. The molecule has 11 heteroatoms. The molecule has 0 spiro atoms. The lowest BCUT2D eigenvalue weighted by atomic mass is 9.77. The Kier molecular flexibility index (Phi) is 13.9. The largest absolute Gasteiger partial charge is 0.488 e. The third kappa shape index (κ3) is 10.6. The molecular formula is C22H40BN5O5. The molecule has 1 amide bonds. The van der Waals surface area contributed by atoms with Crippen LogP contribution in [0.5, 0.6) is 0 Å². The molecule has 0 radical (unpaired) electrons. The molecule has 0 aromatic heterocycles. The number of unbranched alkanes of at least 4 members (excludes halogenated alkanes) is 2. The molecule has 0 fully saturated rings. The molecule has 0 aliphatic carbocycles. The van der Waals surface area contributed by atoms with Crippen molar-refractivity contribution in [2.24, 2.45) is 11.6 Å². The van der Waals surface area contributed by atoms with Gasteiger partial charge in [-0.1, -0.05) is 30.7 Å². The summed E-state index contributed by atoms with van der Waals surface area (Å²) in [6.45, 7) is 5.90. The van der Waals surface area contributed by atoms with Crippen LogP contribution in [0.4, 0.5) is 0 Å². The predicted octanol–water partition coefficient (Wildman–Crippen LogP) is -0.723. The van der Waals surface area contributed by atoms with Crippen molar-refractivity contribution in [3.8, 4) is 0 Å². The molecule has 0 saturated heterocycles. The molecule has 0 aliphatic heterocycles. The number of rotatable bonds is 17. The number of nitrogens with one attached hydrogen (secondary N) is 2. The van der Waals surface area contributed by atoms with Gasteiger partial charge in [-0.3, -0.25) is 15.5 Å². The summed E-state index contributed by atoms with van der Waals surface area (Å²) in [5.41, 5.74) is 9.23. The lowest BCUT2D eigenvalue weighted by molar-refractivity contribution is -0.142. The number of carbonyl (C=O) groups is 2. The van der Waals surface area contributed by atoms with E-state index in [2.05, 4.69) is 29.5 Å². The van der Waals surface area contributed by atoms with Crippen LogP contribution in [0.25, 0.3) is 0 Å². The van der Waals surface area contributed by atoms with Gasteiger partial charge in [0.15, 0.2) is 0 Å². The normalized spacial score (nSPS) is 13.2. The number of amides is 1. The number of carbonyl (C=O) groups excluding carboxylic acids is 1. The predicted molar refractivity (Wildman–Crippen MR) is 129 cm³/mol. The number of nitrogens with zero attached hydrogens (tertiary/aromatic N) is 1. The summed E-state index contributed by atoms with van der Waals surface area (Å²) in [6.07, 6.45) is 3.62. The van der Waals surface area contributed by atoms with E-state index in [0.717, 1.165) is 24.8 Å². The number of benzene rings is 1. The van der Waals surface area contributed by atoms with E-state index in [4.69, 9.17) is 11.6 Å². The van der Waals surface area contributed by atoms with Gasteiger partial charge >= 0.3 is 13.1 Å². The van der Waals surface area contributed by atoms with Crippen molar-refractivity contribution in [1.82, 2.24) is 15.6 Å². The molecule has 9 N–H and O–H groups in total. The van der Waals surface area contributed by atoms with Crippen molar-refractivity contribution in [2.45, 2.75) is 77.0 Å². The highest BCUT2D eigenvalue weighted by atomic mass is 16.4. The minimum atomic E-state index is -1.53. The molecule has 2 unspecified atom stereocenters. The van der Waals surface area contributed by atoms with Crippen LogP contribution in [0, 0.1) is 0 Å². The quantitative estimate of drug-likeness (QED) is 0.0678. The summed E-state index contributed by atoms with van der Waals surface area (Å²) in [5, 5.41) is 31.3.